The minimum absolute atomic E-state index is 0.0499. The third-order valence-electron chi connectivity index (χ3n) is 4.54. The zero-order chi connectivity index (χ0) is 16.7. The highest BCUT2D eigenvalue weighted by molar-refractivity contribution is 7.20. The van der Waals surface area contributed by atoms with E-state index >= 15 is 0 Å². The maximum Gasteiger partial charge on any atom is 0.214 e. The Balaban J connectivity index is 1.60. The summed E-state index contributed by atoms with van der Waals surface area (Å²) in [5, 5.41) is 10.1. The molecule has 1 atom stereocenters. The fourth-order valence-corrected chi connectivity index (χ4v) is 4.13. The van der Waals surface area contributed by atoms with Crippen molar-refractivity contribution in [2.24, 2.45) is 0 Å². The summed E-state index contributed by atoms with van der Waals surface area (Å²) in [6, 6.07) is 0.415. The van der Waals surface area contributed by atoms with Crippen molar-refractivity contribution < 1.29 is 0 Å². The third kappa shape index (κ3) is 2.90. The molecule has 0 spiro atoms. The van der Waals surface area contributed by atoms with Crippen molar-refractivity contribution in [1.82, 2.24) is 29.4 Å². The van der Waals surface area contributed by atoms with E-state index in [-0.39, 0.29) is 5.41 Å². The van der Waals surface area contributed by atoms with Crippen molar-refractivity contribution in [3.8, 4) is 0 Å². The molecule has 0 radical (unpaired) electrons. The Hall–Kier alpha value is -1.96. The number of hydrogen-bond donors (Lipinski definition) is 0. The first-order valence-corrected chi connectivity index (χ1v) is 9.28. The van der Waals surface area contributed by atoms with E-state index in [0.717, 1.165) is 35.3 Å². The summed E-state index contributed by atoms with van der Waals surface area (Å²) in [4.78, 5) is 12.2. The molecule has 0 aromatic carbocycles. The molecule has 1 saturated heterocycles. The quantitative estimate of drug-likeness (QED) is 0.730. The molecule has 3 aromatic heterocycles. The fourth-order valence-electron chi connectivity index (χ4n) is 3.15. The van der Waals surface area contributed by atoms with Crippen LogP contribution >= 0.6 is 11.3 Å². The van der Waals surface area contributed by atoms with E-state index in [9.17, 15) is 0 Å². The molecule has 1 fully saturated rings. The van der Waals surface area contributed by atoms with Crippen LogP contribution in [-0.4, -0.2) is 41.9 Å². The molecule has 4 rings (SSSR count). The van der Waals surface area contributed by atoms with E-state index in [2.05, 4.69) is 42.0 Å². The van der Waals surface area contributed by atoms with Crippen LogP contribution < -0.4 is 4.90 Å². The average Bonchev–Trinajstić information content (AvgIpc) is 3.21. The van der Waals surface area contributed by atoms with E-state index in [4.69, 9.17) is 10.1 Å². The molecule has 0 saturated carbocycles. The molecule has 0 unspecified atom stereocenters. The molecule has 0 bridgehead atoms. The lowest BCUT2D eigenvalue weighted by Gasteiger charge is -2.35. The van der Waals surface area contributed by atoms with E-state index in [1.807, 2.05) is 9.20 Å². The van der Waals surface area contributed by atoms with Crippen LogP contribution in [0.15, 0.2) is 18.9 Å². The second kappa shape index (κ2) is 5.84. The number of rotatable bonds is 3. The summed E-state index contributed by atoms with van der Waals surface area (Å²) in [5.74, 6) is 0. The Bertz CT molecular complexity index is 780. The molecular weight excluding hydrogens is 322 g/mol. The van der Waals surface area contributed by atoms with Crippen molar-refractivity contribution in [3.63, 3.8) is 0 Å². The van der Waals surface area contributed by atoms with Crippen molar-refractivity contribution in [3.05, 3.63) is 24.5 Å². The molecule has 0 amide bonds. The standard InChI is InChI=1S/C16H23N7S/c1-16(2,3)13-9-23-14(19-13)24-15(20-23)22-7-5-4-6-12(22)8-21-11-17-10-18-21/h9-12H,4-8H2,1-3H3/t12-/m0/s1. The third-order valence-corrected chi connectivity index (χ3v) is 5.50. The lowest BCUT2D eigenvalue weighted by atomic mass is 9.93. The van der Waals surface area contributed by atoms with Gasteiger partial charge in [-0.15, -0.1) is 5.10 Å². The maximum absolute atomic E-state index is 4.80. The van der Waals surface area contributed by atoms with Gasteiger partial charge in [0.05, 0.1) is 24.5 Å². The van der Waals surface area contributed by atoms with Gasteiger partial charge in [0.15, 0.2) is 0 Å². The zero-order valence-electron chi connectivity index (χ0n) is 14.4. The van der Waals surface area contributed by atoms with Crippen LogP contribution in [0, 0.1) is 0 Å². The van der Waals surface area contributed by atoms with Gasteiger partial charge in [-0.3, -0.25) is 4.68 Å². The Kier molecular flexibility index (Phi) is 3.79. The van der Waals surface area contributed by atoms with E-state index in [1.54, 1.807) is 24.0 Å². The van der Waals surface area contributed by atoms with Crippen LogP contribution in [0.25, 0.3) is 4.96 Å². The molecule has 24 heavy (non-hydrogen) atoms. The van der Waals surface area contributed by atoms with Crippen molar-refractivity contribution in [2.75, 3.05) is 11.4 Å². The zero-order valence-corrected chi connectivity index (χ0v) is 15.2. The summed E-state index contributed by atoms with van der Waals surface area (Å²) in [6.45, 7) is 8.44. The summed E-state index contributed by atoms with van der Waals surface area (Å²) in [5.41, 5.74) is 1.14. The van der Waals surface area contributed by atoms with Gasteiger partial charge in [0.1, 0.15) is 12.7 Å². The summed E-state index contributed by atoms with van der Waals surface area (Å²) in [7, 11) is 0. The summed E-state index contributed by atoms with van der Waals surface area (Å²) < 4.78 is 3.85. The van der Waals surface area contributed by atoms with Crippen LogP contribution in [0.3, 0.4) is 0 Å². The minimum Gasteiger partial charge on any atom is -0.342 e. The number of imidazole rings is 1. The van der Waals surface area contributed by atoms with Gasteiger partial charge < -0.3 is 4.90 Å². The molecule has 7 nitrogen and oxygen atoms in total. The van der Waals surface area contributed by atoms with Gasteiger partial charge in [0.25, 0.3) is 0 Å². The number of nitrogens with zero attached hydrogens (tertiary/aromatic N) is 7. The van der Waals surface area contributed by atoms with Crippen LogP contribution in [0.5, 0.6) is 0 Å². The van der Waals surface area contributed by atoms with Gasteiger partial charge in [-0.05, 0) is 19.3 Å². The second-order valence-electron chi connectivity index (χ2n) is 7.45. The number of aromatic nitrogens is 6. The fraction of sp³-hybridized carbons (Fsp3) is 0.625. The first kappa shape index (κ1) is 15.6. The molecule has 0 N–H and O–H groups in total. The molecule has 0 aliphatic carbocycles. The Labute approximate surface area is 145 Å². The maximum atomic E-state index is 4.80. The van der Waals surface area contributed by atoms with Crippen molar-refractivity contribution in [2.45, 2.75) is 58.0 Å². The number of anilines is 1. The predicted molar refractivity (Wildman–Crippen MR) is 94.6 cm³/mol. The highest BCUT2D eigenvalue weighted by Crippen LogP contribution is 2.31. The van der Waals surface area contributed by atoms with E-state index in [0.29, 0.717) is 6.04 Å². The van der Waals surface area contributed by atoms with Crippen LogP contribution in [0.4, 0.5) is 5.13 Å². The Morgan fingerprint density at radius 2 is 2.17 bits per heavy atom. The number of piperidine rings is 1. The minimum atomic E-state index is 0.0499. The van der Waals surface area contributed by atoms with Crippen LogP contribution in [0.1, 0.15) is 45.7 Å². The van der Waals surface area contributed by atoms with Gasteiger partial charge in [0.2, 0.25) is 10.1 Å². The summed E-state index contributed by atoms with van der Waals surface area (Å²) in [6.07, 6.45) is 9.08. The first-order valence-electron chi connectivity index (χ1n) is 8.46. The molecule has 128 valence electrons. The first-order chi connectivity index (χ1) is 11.5. The van der Waals surface area contributed by atoms with Crippen molar-refractivity contribution >= 4 is 21.4 Å². The Morgan fingerprint density at radius 3 is 2.88 bits per heavy atom. The van der Waals surface area contributed by atoms with E-state index in [1.165, 1.54) is 12.8 Å². The topological polar surface area (TPSA) is 64.1 Å². The average molecular weight is 345 g/mol. The van der Waals surface area contributed by atoms with Crippen LogP contribution in [0.2, 0.25) is 0 Å². The second-order valence-corrected chi connectivity index (χ2v) is 8.38. The normalized spacial score (nSPS) is 19.3. The van der Waals surface area contributed by atoms with E-state index < -0.39 is 0 Å². The monoisotopic (exact) mass is 345 g/mol. The molecule has 1 aliphatic rings. The summed E-state index contributed by atoms with van der Waals surface area (Å²) >= 11 is 1.68. The SMILES string of the molecule is CC(C)(C)c1cn2nc(N3CCCC[C@H]3Cn3cncn3)sc2n1. The molecular formula is C16H23N7S. The van der Waals surface area contributed by atoms with Crippen LogP contribution in [-0.2, 0) is 12.0 Å². The smallest absolute Gasteiger partial charge is 0.214 e. The van der Waals surface area contributed by atoms with Gasteiger partial charge >= 0.3 is 0 Å². The molecule has 3 aromatic rings. The highest BCUT2D eigenvalue weighted by atomic mass is 32.1. The van der Waals surface area contributed by atoms with Gasteiger partial charge in [0, 0.05) is 12.0 Å². The largest absolute Gasteiger partial charge is 0.342 e. The lowest BCUT2D eigenvalue weighted by molar-refractivity contribution is 0.397. The highest BCUT2D eigenvalue weighted by Gasteiger charge is 2.27. The van der Waals surface area contributed by atoms with Gasteiger partial charge in [-0.2, -0.15) is 5.10 Å². The Morgan fingerprint density at radius 1 is 1.29 bits per heavy atom. The lowest BCUT2D eigenvalue weighted by Crippen LogP contribution is -2.42. The molecule has 8 heteroatoms. The van der Waals surface area contributed by atoms with Crippen molar-refractivity contribution in [1.29, 1.82) is 0 Å². The van der Waals surface area contributed by atoms with Gasteiger partial charge in [-0.25, -0.2) is 14.5 Å². The van der Waals surface area contributed by atoms with Gasteiger partial charge in [-0.1, -0.05) is 32.1 Å². The number of hydrogen-bond acceptors (Lipinski definition) is 6. The molecule has 4 heterocycles. The predicted octanol–water partition coefficient (Wildman–Crippen LogP) is 2.74. The molecule has 1 aliphatic heterocycles. The number of fused-ring (bicyclic) bond motifs is 1.